The molecule has 0 aliphatic carbocycles. The Bertz CT molecular complexity index is 748. The van der Waals surface area contributed by atoms with Crippen molar-refractivity contribution < 1.29 is 23.9 Å². The maximum atomic E-state index is 12.2. The van der Waals surface area contributed by atoms with Gasteiger partial charge in [0.1, 0.15) is 16.8 Å². The van der Waals surface area contributed by atoms with Gasteiger partial charge in [-0.15, -0.1) is 0 Å². The predicted octanol–water partition coefficient (Wildman–Crippen LogP) is 1.39. The summed E-state index contributed by atoms with van der Waals surface area (Å²) in [5, 5.41) is 0. The predicted molar refractivity (Wildman–Crippen MR) is 77.8 cm³/mol. The standard InChI is InChI=1S/C15H16N2O5/c1-3-21-14(19)10-9-7-5-6-8-17(9)12(13(16)18)11(10)15(20)22-4-2/h5-8H,3-4H2,1-2H3,(H2,16,18). The zero-order valence-corrected chi connectivity index (χ0v) is 12.3. The van der Waals surface area contributed by atoms with Crippen LogP contribution in [-0.4, -0.2) is 35.5 Å². The Hall–Kier alpha value is -2.83. The van der Waals surface area contributed by atoms with Gasteiger partial charge in [-0.2, -0.15) is 0 Å². The second-order valence-electron chi connectivity index (χ2n) is 4.36. The van der Waals surface area contributed by atoms with E-state index in [4.69, 9.17) is 15.2 Å². The average Bonchev–Trinajstić information content (AvgIpc) is 2.83. The molecule has 7 heteroatoms. The number of primary amides is 1. The lowest BCUT2D eigenvalue weighted by Gasteiger charge is -2.05. The third kappa shape index (κ3) is 2.52. The van der Waals surface area contributed by atoms with E-state index in [2.05, 4.69) is 0 Å². The summed E-state index contributed by atoms with van der Waals surface area (Å²) in [4.78, 5) is 36.2. The van der Waals surface area contributed by atoms with Crippen LogP contribution in [0.3, 0.4) is 0 Å². The summed E-state index contributed by atoms with van der Waals surface area (Å²) in [5.74, 6) is -2.33. The van der Waals surface area contributed by atoms with Crippen LogP contribution in [0.1, 0.15) is 45.1 Å². The molecule has 0 fully saturated rings. The van der Waals surface area contributed by atoms with Crippen LogP contribution < -0.4 is 5.73 Å². The summed E-state index contributed by atoms with van der Waals surface area (Å²) in [6, 6.07) is 4.93. The summed E-state index contributed by atoms with van der Waals surface area (Å²) >= 11 is 0. The van der Waals surface area contributed by atoms with Gasteiger partial charge in [-0.05, 0) is 26.0 Å². The van der Waals surface area contributed by atoms with Crippen LogP contribution in [0.4, 0.5) is 0 Å². The average molecular weight is 304 g/mol. The molecular weight excluding hydrogens is 288 g/mol. The fourth-order valence-corrected chi connectivity index (χ4v) is 2.26. The highest BCUT2D eigenvalue weighted by Gasteiger charge is 2.31. The van der Waals surface area contributed by atoms with Gasteiger partial charge in [0.05, 0.1) is 18.7 Å². The maximum Gasteiger partial charge on any atom is 0.341 e. The molecule has 0 unspecified atom stereocenters. The molecule has 1 amide bonds. The minimum atomic E-state index is -0.834. The van der Waals surface area contributed by atoms with Crippen molar-refractivity contribution in [2.45, 2.75) is 13.8 Å². The fourth-order valence-electron chi connectivity index (χ4n) is 2.26. The first-order valence-corrected chi connectivity index (χ1v) is 6.79. The number of rotatable bonds is 5. The van der Waals surface area contributed by atoms with E-state index in [9.17, 15) is 14.4 Å². The Labute approximate surface area is 126 Å². The first-order valence-electron chi connectivity index (χ1n) is 6.79. The Morgan fingerprint density at radius 3 is 2.18 bits per heavy atom. The van der Waals surface area contributed by atoms with Crippen LogP contribution in [0, 0.1) is 0 Å². The van der Waals surface area contributed by atoms with E-state index < -0.39 is 17.8 Å². The van der Waals surface area contributed by atoms with Gasteiger partial charge in [0.15, 0.2) is 0 Å². The van der Waals surface area contributed by atoms with Crippen LogP contribution in [0.2, 0.25) is 0 Å². The number of nitrogens with two attached hydrogens (primary N) is 1. The molecule has 2 aromatic rings. The summed E-state index contributed by atoms with van der Waals surface area (Å²) in [6.07, 6.45) is 1.54. The zero-order valence-electron chi connectivity index (χ0n) is 12.3. The Balaban J connectivity index is 2.84. The normalized spacial score (nSPS) is 10.5. The van der Waals surface area contributed by atoms with Crippen LogP contribution in [0.5, 0.6) is 0 Å². The lowest BCUT2D eigenvalue weighted by molar-refractivity contribution is 0.0480. The second kappa shape index (κ2) is 6.30. The maximum absolute atomic E-state index is 12.2. The number of hydrogen-bond donors (Lipinski definition) is 1. The first kappa shape index (κ1) is 15.6. The van der Waals surface area contributed by atoms with E-state index >= 15 is 0 Å². The number of ether oxygens (including phenoxy) is 2. The van der Waals surface area contributed by atoms with Gasteiger partial charge >= 0.3 is 11.9 Å². The lowest BCUT2D eigenvalue weighted by Crippen LogP contribution is -2.20. The highest BCUT2D eigenvalue weighted by Crippen LogP contribution is 2.25. The molecule has 0 saturated carbocycles. The van der Waals surface area contributed by atoms with Crippen LogP contribution >= 0.6 is 0 Å². The van der Waals surface area contributed by atoms with Gasteiger partial charge in [-0.3, -0.25) is 4.79 Å². The van der Waals surface area contributed by atoms with E-state index in [1.807, 2.05) is 0 Å². The third-order valence-electron chi connectivity index (χ3n) is 3.04. The molecule has 0 aliphatic heterocycles. The molecule has 2 heterocycles. The number of hydrogen-bond acceptors (Lipinski definition) is 5. The lowest BCUT2D eigenvalue weighted by atomic mass is 10.1. The van der Waals surface area contributed by atoms with Gasteiger partial charge in [-0.1, -0.05) is 6.07 Å². The summed E-state index contributed by atoms with van der Waals surface area (Å²) in [6.45, 7) is 3.51. The monoisotopic (exact) mass is 304 g/mol. The molecule has 2 aromatic heterocycles. The van der Waals surface area contributed by atoms with E-state index in [1.165, 1.54) is 4.40 Å². The Kier molecular flexibility index (Phi) is 4.45. The third-order valence-corrected chi connectivity index (χ3v) is 3.04. The smallest absolute Gasteiger partial charge is 0.341 e. The SMILES string of the molecule is CCOC(=O)c1c(C(=O)OCC)c2ccccn2c1C(N)=O. The van der Waals surface area contributed by atoms with Crippen molar-refractivity contribution in [2.75, 3.05) is 13.2 Å². The minimum absolute atomic E-state index is 0.0188. The number of carbonyl (C=O) groups excluding carboxylic acids is 3. The molecule has 0 bridgehead atoms. The van der Waals surface area contributed by atoms with Gasteiger partial charge in [-0.25, -0.2) is 9.59 Å². The first-order chi connectivity index (χ1) is 10.5. The number of aromatic nitrogens is 1. The largest absolute Gasteiger partial charge is 0.462 e. The van der Waals surface area contributed by atoms with Crippen LogP contribution in [0.25, 0.3) is 5.52 Å². The molecular formula is C15H16N2O5. The molecule has 0 spiro atoms. The van der Waals surface area contributed by atoms with Gasteiger partial charge in [0, 0.05) is 6.20 Å². The number of esters is 2. The van der Waals surface area contributed by atoms with Crippen molar-refractivity contribution in [1.82, 2.24) is 4.40 Å². The highest BCUT2D eigenvalue weighted by molar-refractivity contribution is 6.15. The van der Waals surface area contributed by atoms with E-state index in [1.54, 1.807) is 38.2 Å². The van der Waals surface area contributed by atoms with Crippen molar-refractivity contribution in [3.63, 3.8) is 0 Å². The molecule has 2 N–H and O–H groups in total. The molecule has 0 radical (unpaired) electrons. The van der Waals surface area contributed by atoms with Crippen LogP contribution in [-0.2, 0) is 9.47 Å². The Morgan fingerprint density at radius 1 is 1.05 bits per heavy atom. The molecule has 0 aliphatic rings. The molecule has 7 nitrogen and oxygen atoms in total. The van der Waals surface area contributed by atoms with Crippen molar-refractivity contribution in [2.24, 2.45) is 5.73 Å². The molecule has 2 rings (SSSR count). The van der Waals surface area contributed by atoms with Crippen molar-refractivity contribution in [3.05, 3.63) is 41.2 Å². The van der Waals surface area contributed by atoms with Crippen molar-refractivity contribution >= 4 is 23.4 Å². The topological polar surface area (TPSA) is 100 Å². The van der Waals surface area contributed by atoms with E-state index in [0.717, 1.165) is 0 Å². The van der Waals surface area contributed by atoms with E-state index in [0.29, 0.717) is 5.52 Å². The molecule has 22 heavy (non-hydrogen) atoms. The fraction of sp³-hybridized carbons (Fsp3) is 0.267. The second-order valence-corrected chi connectivity index (χ2v) is 4.36. The van der Waals surface area contributed by atoms with Crippen molar-refractivity contribution in [3.8, 4) is 0 Å². The molecule has 0 atom stereocenters. The number of nitrogens with zero attached hydrogens (tertiary/aromatic N) is 1. The van der Waals surface area contributed by atoms with Gasteiger partial charge in [0.25, 0.3) is 5.91 Å². The zero-order chi connectivity index (χ0) is 16.3. The minimum Gasteiger partial charge on any atom is -0.462 e. The van der Waals surface area contributed by atoms with Crippen molar-refractivity contribution in [1.29, 1.82) is 0 Å². The van der Waals surface area contributed by atoms with Crippen LogP contribution in [0.15, 0.2) is 24.4 Å². The number of fused-ring (bicyclic) bond motifs is 1. The van der Waals surface area contributed by atoms with Gasteiger partial charge in [0.2, 0.25) is 0 Å². The molecule has 0 aromatic carbocycles. The number of amides is 1. The van der Waals surface area contributed by atoms with E-state index in [-0.39, 0.29) is 30.0 Å². The summed E-state index contributed by atoms with van der Waals surface area (Å²) in [5.41, 5.74) is 5.46. The highest BCUT2D eigenvalue weighted by atomic mass is 16.5. The quantitative estimate of drug-likeness (QED) is 0.841. The van der Waals surface area contributed by atoms with Gasteiger partial charge < -0.3 is 19.6 Å². The number of carbonyl (C=O) groups is 3. The Morgan fingerprint density at radius 2 is 1.64 bits per heavy atom. The molecule has 116 valence electrons. The number of pyridine rings is 1. The summed E-state index contributed by atoms with van der Waals surface area (Å²) in [7, 11) is 0. The summed E-state index contributed by atoms with van der Waals surface area (Å²) < 4.78 is 11.3. The molecule has 0 saturated heterocycles.